The van der Waals surface area contributed by atoms with Crippen molar-refractivity contribution < 1.29 is 40.3 Å². The van der Waals surface area contributed by atoms with Crippen LogP contribution < -0.4 is 5.32 Å². The highest BCUT2D eigenvalue weighted by Gasteiger charge is 2.39. The first kappa shape index (κ1) is 30.4. The molecule has 12 heteroatoms. The van der Waals surface area contributed by atoms with Gasteiger partial charge in [-0.1, -0.05) is 78.7 Å². The molecule has 0 saturated heterocycles. The van der Waals surface area contributed by atoms with Crippen LogP contribution >= 0.6 is 23.2 Å². The van der Waals surface area contributed by atoms with Crippen LogP contribution in [0.25, 0.3) is 16.8 Å². The number of alkyl halides is 6. The maximum absolute atomic E-state index is 13.9. The molecule has 0 aromatic heterocycles. The molecule has 0 aliphatic heterocycles. The number of halogens is 9. The summed E-state index contributed by atoms with van der Waals surface area (Å²) in [7, 11) is 0. The summed E-state index contributed by atoms with van der Waals surface area (Å²) in [4.78, 5) is 24.9. The van der Waals surface area contributed by atoms with Crippen LogP contribution in [0.4, 0.5) is 30.7 Å². The Balaban J connectivity index is 1.92. The zero-order valence-electron chi connectivity index (χ0n) is 20.1. The Morgan fingerprint density at radius 1 is 0.949 bits per heavy atom. The quantitative estimate of drug-likeness (QED) is 0.162. The minimum Gasteiger partial charge on any atom is -0.347 e. The van der Waals surface area contributed by atoms with E-state index in [1.54, 1.807) is 29.6 Å². The van der Waals surface area contributed by atoms with E-state index < -0.39 is 58.3 Å². The predicted octanol–water partition coefficient (Wildman–Crippen LogP) is 8.53. The van der Waals surface area contributed by atoms with Crippen LogP contribution in [0.3, 0.4) is 0 Å². The average Bonchev–Trinajstić information content (AvgIpc) is 2.84. The summed E-state index contributed by atoms with van der Waals surface area (Å²) in [6.45, 7) is -0.211. The summed E-state index contributed by atoms with van der Waals surface area (Å²) in [6, 6.07) is 10.8. The molecule has 1 N–H and O–H groups in total. The van der Waals surface area contributed by atoms with Crippen molar-refractivity contribution in [2.24, 2.45) is 5.92 Å². The van der Waals surface area contributed by atoms with Crippen molar-refractivity contribution in [3.8, 4) is 0 Å². The molecule has 0 fully saturated rings. The van der Waals surface area contributed by atoms with Gasteiger partial charge in [-0.25, -0.2) is 4.39 Å². The summed E-state index contributed by atoms with van der Waals surface area (Å²) in [6.07, 6.45) is -7.69. The molecule has 0 heterocycles. The Morgan fingerprint density at radius 2 is 1.54 bits per heavy atom. The minimum atomic E-state index is -4.77. The minimum absolute atomic E-state index is 0.155. The van der Waals surface area contributed by atoms with Crippen molar-refractivity contribution in [1.29, 1.82) is 0 Å². The molecule has 0 spiro atoms. The van der Waals surface area contributed by atoms with E-state index in [-0.39, 0.29) is 17.5 Å². The van der Waals surface area contributed by atoms with Crippen LogP contribution in [0.1, 0.15) is 40.7 Å². The Bertz CT molecular complexity index is 1390. The number of carbonyl (C=O) groups excluding carboxylic acids is 2. The highest BCUT2D eigenvalue weighted by molar-refractivity contribution is 6.35. The molecule has 208 valence electrons. The molecule has 2 unspecified atom stereocenters. The van der Waals surface area contributed by atoms with Crippen molar-refractivity contribution in [2.75, 3.05) is 6.54 Å². The van der Waals surface area contributed by atoms with Crippen LogP contribution in [-0.4, -0.2) is 30.6 Å². The van der Waals surface area contributed by atoms with E-state index in [9.17, 15) is 40.3 Å². The number of Topliss-reactive ketones (excluding diaryl/α,β-unsaturated/α-hetero) is 1. The van der Waals surface area contributed by atoms with E-state index >= 15 is 0 Å². The maximum Gasteiger partial charge on any atom is 0.405 e. The molecule has 0 aliphatic carbocycles. The van der Waals surface area contributed by atoms with Gasteiger partial charge in [0.05, 0.1) is 16.0 Å². The fraction of sp³-hybridized carbons (Fsp3) is 0.259. The Labute approximate surface area is 228 Å². The van der Waals surface area contributed by atoms with Gasteiger partial charge in [-0.2, -0.15) is 26.3 Å². The first-order valence-corrected chi connectivity index (χ1v) is 12.1. The first-order valence-electron chi connectivity index (χ1n) is 11.4. The highest BCUT2D eigenvalue weighted by atomic mass is 35.5. The van der Waals surface area contributed by atoms with E-state index in [0.717, 1.165) is 18.2 Å². The molecule has 0 aliphatic rings. The number of carbonyl (C=O) groups is 2. The molecule has 3 rings (SSSR count). The lowest BCUT2D eigenvalue weighted by molar-refractivity contribution is -0.140. The molecule has 0 bridgehead atoms. The van der Waals surface area contributed by atoms with E-state index in [1.807, 2.05) is 0 Å². The van der Waals surface area contributed by atoms with Crippen molar-refractivity contribution in [1.82, 2.24) is 5.32 Å². The van der Waals surface area contributed by atoms with E-state index in [2.05, 4.69) is 0 Å². The lowest BCUT2D eigenvalue weighted by atomic mass is 9.92. The van der Waals surface area contributed by atoms with E-state index in [4.69, 9.17) is 23.2 Å². The fourth-order valence-electron chi connectivity index (χ4n) is 3.92. The summed E-state index contributed by atoms with van der Waals surface area (Å²) < 4.78 is 92.5. The molecule has 0 saturated carbocycles. The van der Waals surface area contributed by atoms with Gasteiger partial charge < -0.3 is 5.32 Å². The zero-order chi connectivity index (χ0) is 29.1. The number of ketones is 1. The second kappa shape index (κ2) is 12.0. The van der Waals surface area contributed by atoms with Crippen molar-refractivity contribution >= 4 is 51.7 Å². The highest BCUT2D eigenvalue weighted by Crippen LogP contribution is 2.40. The van der Waals surface area contributed by atoms with Crippen LogP contribution in [0.15, 0.2) is 54.6 Å². The molecular formula is C27H20Cl2F7NO2. The molecule has 3 nitrogen and oxygen atoms in total. The van der Waals surface area contributed by atoms with Crippen LogP contribution in [0, 0.1) is 11.7 Å². The molecule has 3 aromatic carbocycles. The van der Waals surface area contributed by atoms with Gasteiger partial charge in [0.2, 0.25) is 5.91 Å². The number of rotatable bonds is 8. The van der Waals surface area contributed by atoms with Crippen molar-refractivity contribution in [3.05, 3.63) is 87.2 Å². The normalized spacial score (nSPS) is 14.0. The summed E-state index contributed by atoms with van der Waals surface area (Å²) >= 11 is 11.4. The van der Waals surface area contributed by atoms with Gasteiger partial charge in [-0.05, 0) is 34.0 Å². The zero-order valence-corrected chi connectivity index (χ0v) is 21.6. The smallest absolute Gasteiger partial charge is 0.347 e. The van der Waals surface area contributed by atoms with Crippen molar-refractivity contribution in [3.63, 3.8) is 0 Å². The summed E-state index contributed by atoms with van der Waals surface area (Å²) in [5.74, 6) is -5.74. The van der Waals surface area contributed by atoms with Gasteiger partial charge in [0.15, 0.2) is 11.6 Å². The third kappa shape index (κ3) is 7.73. The molecule has 0 radical (unpaired) electrons. The monoisotopic (exact) mass is 593 g/mol. The van der Waals surface area contributed by atoms with Gasteiger partial charge in [-0.15, -0.1) is 0 Å². The number of allylic oxidation sites excluding steroid dienone is 1. The number of nitrogens with one attached hydrogen (secondary N) is 1. The van der Waals surface area contributed by atoms with E-state index in [0.29, 0.717) is 16.3 Å². The van der Waals surface area contributed by atoms with Gasteiger partial charge in [0.1, 0.15) is 6.54 Å². The van der Waals surface area contributed by atoms with Crippen LogP contribution in [0.5, 0.6) is 0 Å². The number of fused-ring (bicyclic) bond motifs is 1. The summed E-state index contributed by atoms with van der Waals surface area (Å²) in [5, 5.41) is 1.41. The lowest BCUT2D eigenvalue weighted by Gasteiger charge is -2.18. The van der Waals surface area contributed by atoms with Gasteiger partial charge in [0.25, 0.3) is 0 Å². The molecule has 2 atom stereocenters. The maximum atomic E-state index is 13.9. The van der Waals surface area contributed by atoms with Crippen LogP contribution in [0.2, 0.25) is 10.0 Å². The number of hydrogen-bond acceptors (Lipinski definition) is 2. The molecule has 1 amide bonds. The van der Waals surface area contributed by atoms with Crippen LogP contribution in [-0.2, 0) is 4.79 Å². The Kier molecular flexibility index (Phi) is 9.33. The standard InChI is InChI=1S/C27H20Cl2F7NO2/c1-14(25(39)37-13-26(31,32)33)10-23(38)19-8-6-15(17-4-2-3-5-18(17)19)7-9-20(27(34,35)36)16-11-21(28)24(30)22(29)12-16/h2-9,11-12,14,20H,10,13H2,1H3,(H,37,39)/b9-7+. The second-order valence-corrected chi connectivity index (χ2v) is 9.60. The molecule has 3 aromatic rings. The SMILES string of the molecule is CC(CC(=O)c1ccc(/C=C/C(c2cc(Cl)c(F)c(Cl)c2)C(F)(F)F)c2ccccc12)C(=O)NCC(F)(F)F. The first-order chi connectivity index (χ1) is 18.1. The van der Waals surface area contributed by atoms with Gasteiger partial charge in [-0.3, -0.25) is 9.59 Å². The fourth-order valence-corrected chi connectivity index (χ4v) is 4.42. The van der Waals surface area contributed by atoms with Gasteiger partial charge in [0, 0.05) is 17.9 Å². The third-order valence-corrected chi connectivity index (χ3v) is 6.40. The Morgan fingerprint density at radius 3 is 2.10 bits per heavy atom. The largest absolute Gasteiger partial charge is 0.405 e. The lowest BCUT2D eigenvalue weighted by Crippen LogP contribution is -2.37. The van der Waals surface area contributed by atoms with Gasteiger partial charge >= 0.3 is 12.4 Å². The predicted molar refractivity (Wildman–Crippen MR) is 135 cm³/mol. The van der Waals surface area contributed by atoms with E-state index in [1.165, 1.54) is 25.1 Å². The number of benzene rings is 3. The van der Waals surface area contributed by atoms with Crippen molar-refractivity contribution in [2.45, 2.75) is 31.6 Å². The second-order valence-electron chi connectivity index (χ2n) is 8.79. The molecular weight excluding hydrogens is 574 g/mol. The average molecular weight is 594 g/mol. The third-order valence-electron chi connectivity index (χ3n) is 5.85. The number of hydrogen-bond donors (Lipinski definition) is 1. The molecule has 39 heavy (non-hydrogen) atoms. The topological polar surface area (TPSA) is 46.2 Å². The Hall–Kier alpha value is -3.11. The summed E-state index contributed by atoms with van der Waals surface area (Å²) in [5.41, 5.74) is 0.110. The number of amides is 1.